The van der Waals surface area contributed by atoms with Crippen molar-refractivity contribution in [2.24, 2.45) is 17.8 Å². The number of carbonyl (C=O) groups excluding carboxylic acids is 1. The number of hydrogen-bond acceptors (Lipinski definition) is 8. The third-order valence-corrected chi connectivity index (χ3v) is 6.81. The van der Waals surface area contributed by atoms with Crippen LogP contribution in [0.1, 0.15) is 32.1 Å². The van der Waals surface area contributed by atoms with E-state index in [9.17, 15) is 31.6 Å². The average Bonchev–Trinajstić information content (AvgIpc) is 2.35. The zero-order chi connectivity index (χ0) is 15.1. The van der Waals surface area contributed by atoms with E-state index in [1.807, 2.05) is 0 Å². The Bertz CT molecular complexity index is 529. The number of carboxylic acid groups (broad SMARTS) is 1. The van der Waals surface area contributed by atoms with Crippen LogP contribution >= 0.6 is 0 Å². The van der Waals surface area contributed by atoms with Crippen LogP contribution in [-0.4, -0.2) is 43.7 Å². The van der Waals surface area contributed by atoms with Crippen LogP contribution < -0.4 is 61.7 Å². The SMILES string of the molecule is O=C([O-])C1CC2CCC(S(=O)[O-])CC2C(S(=O)(=O)[O-])C1.[Li+].[Li+].[Li+].[OH-]. The summed E-state index contributed by atoms with van der Waals surface area (Å²) in [6.45, 7) is 0. The second kappa shape index (κ2) is 11.9. The molecule has 0 saturated heterocycles. The maximum Gasteiger partial charge on any atom is 1.00 e. The predicted octanol–water partition coefficient (Wildman–Crippen LogP) is -10.4. The smallest absolute Gasteiger partial charge is 0.870 e. The second-order valence-electron chi connectivity index (χ2n) is 5.64. The quantitative estimate of drug-likeness (QED) is 0.271. The van der Waals surface area contributed by atoms with E-state index >= 15 is 0 Å². The standard InChI is InChI=1S/C11H18O7S2.3Li.H2O/c12-11(13)7-3-6-1-2-8(19(14)15)5-9(6)10(4-7)20(16,17)18;;;;/h6-10H,1-5H2,(H,12,13)(H,14,15)(H,16,17,18);;;;1H2/q;3*+1;/p-4. The first-order valence-corrected chi connectivity index (χ1v) is 9.04. The van der Waals surface area contributed by atoms with E-state index in [1.165, 1.54) is 0 Å². The van der Waals surface area contributed by atoms with Crippen LogP contribution in [0.2, 0.25) is 0 Å². The molecule has 2 fully saturated rings. The fourth-order valence-electron chi connectivity index (χ4n) is 3.59. The van der Waals surface area contributed by atoms with Crippen LogP contribution in [0.25, 0.3) is 0 Å². The van der Waals surface area contributed by atoms with Gasteiger partial charge in [0.2, 0.25) is 0 Å². The van der Waals surface area contributed by atoms with Gasteiger partial charge in [0, 0.05) is 11.2 Å². The van der Waals surface area contributed by atoms with Crippen molar-refractivity contribution in [1.82, 2.24) is 0 Å². The van der Waals surface area contributed by atoms with Crippen molar-refractivity contribution < 1.29 is 93.7 Å². The topological polar surface area (TPSA) is 167 Å². The molecule has 2 saturated carbocycles. The molecule has 0 bridgehead atoms. The van der Waals surface area contributed by atoms with Gasteiger partial charge in [-0.15, -0.1) is 0 Å². The summed E-state index contributed by atoms with van der Waals surface area (Å²) in [7, 11) is -4.65. The predicted molar refractivity (Wildman–Crippen MR) is 66.7 cm³/mol. The summed E-state index contributed by atoms with van der Waals surface area (Å²) in [6, 6.07) is 0. The number of aliphatic carboxylic acids is 1. The van der Waals surface area contributed by atoms with Crippen molar-refractivity contribution >= 4 is 27.2 Å². The summed E-state index contributed by atoms with van der Waals surface area (Å²) >= 11 is -2.30. The van der Waals surface area contributed by atoms with Crippen LogP contribution in [0, 0.1) is 17.8 Å². The minimum absolute atomic E-state index is 0. The van der Waals surface area contributed by atoms with E-state index in [0.29, 0.717) is 12.8 Å². The molecule has 0 aromatic heterocycles. The second-order valence-corrected chi connectivity index (χ2v) is 8.42. The molecular formula is C11H16Li3O8S2-. The van der Waals surface area contributed by atoms with Gasteiger partial charge in [-0.05, 0) is 49.9 Å². The Hall–Kier alpha value is 1.24. The first-order chi connectivity index (χ1) is 9.20. The van der Waals surface area contributed by atoms with Crippen LogP contribution in [0.15, 0.2) is 0 Å². The van der Waals surface area contributed by atoms with Gasteiger partial charge in [-0.25, -0.2) is 8.42 Å². The Labute approximate surface area is 180 Å². The Morgan fingerprint density at radius 3 is 2.00 bits per heavy atom. The van der Waals surface area contributed by atoms with Crippen molar-refractivity contribution in [3.63, 3.8) is 0 Å². The molecule has 2 rings (SSSR count). The van der Waals surface area contributed by atoms with Crippen molar-refractivity contribution in [3.05, 3.63) is 0 Å². The van der Waals surface area contributed by atoms with Gasteiger partial charge in [0.15, 0.2) is 0 Å². The molecule has 0 aromatic rings. The Morgan fingerprint density at radius 2 is 1.58 bits per heavy atom. The van der Waals surface area contributed by atoms with E-state index in [2.05, 4.69) is 0 Å². The van der Waals surface area contributed by atoms with E-state index in [4.69, 9.17) is 0 Å². The van der Waals surface area contributed by atoms with Crippen LogP contribution in [0.4, 0.5) is 0 Å². The third kappa shape index (κ3) is 7.10. The largest absolute Gasteiger partial charge is 1.00 e. The van der Waals surface area contributed by atoms with Crippen molar-refractivity contribution in [1.29, 1.82) is 0 Å². The molecular weight excluding hydrogens is 345 g/mol. The molecule has 0 aromatic carbocycles. The number of hydrogen-bond donors (Lipinski definition) is 0. The molecule has 0 aliphatic heterocycles. The van der Waals surface area contributed by atoms with Crippen LogP contribution in [0.5, 0.6) is 0 Å². The first kappa shape index (κ1) is 30.0. The number of fused-ring (bicyclic) bond motifs is 1. The molecule has 0 amide bonds. The summed E-state index contributed by atoms with van der Waals surface area (Å²) in [5, 5.41) is 8.99. The molecule has 6 atom stereocenters. The fraction of sp³-hybridized carbons (Fsp3) is 0.909. The maximum atomic E-state index is 11.4. The van der Waals surface area contributed by atoms with Gasteiger partial charge in [0.25, 0.3) is 0 Å². The minimum atomic E-state index is -4.65. The van der Waals surface area contributed by atoms with E-state index < -0.39 is 49.5 Å². The molecule has 24 heavy (non-hydrogen) atoms. The van der Waals surface area contributed by atoms with Gasteiger partial charge in [-0.1, -0.05) is 11.1 Å². The zero-order valence-electron chi connectivity index (χ0n) is 14.0. The van der Waals surface area contributed by atoms with Crippen molar-refractivity contribution in [3.8, 4) is 0 Å². The zero-order valence-corrected chi connectivity index (χ0v) is 15.7. The Balaban J connectivity index is -0.00000110. The van der Waals surface area contributed by atoms with Gasteiger partial charge in [-0.3, -0.25) is 4.21 Å². The monoisotopic (exact) mass is 361 g/mol. The summed E-state index contributed by atoms with van der Waals surface area (Å²) in [4.78, 5) is 11.0. The molecule has 0 heterocycles. The fourth-order valence-corrected chi connectivity index (χ4v) is 5.53. The van der Waals surface area contributed by atoms with Crippen molar-refractivity contribution in [2.75, 3.05) is 0 Å². The summed E-state index contributed by atoms with van der Waals surface area (Å²) in [5.41, 5.74) is 0. The van der Waals surface area contributed by atoms with Gasteiger partial charge in [-0.2, -0.15) is 0 Å². The molecule has 13 heteroatoms. The Kier molecular flexibility index (Phi) is 14.8. The maximum absolute atomic E-state index is 11.4. The van der Waals surface area contributed by atoms with Gasteiger partial charge in [0.05, 0.1) is 15.4 Å². The van der Waals surface area contributed by atoms with E-state index in [0.717, 1.165) is 0 Å². The van der Waals surface area contributed by atoms with Crippen molar-refractivity contribution in [2.45, 2.75) is 42.6 Å². The number of carboxylic acids is 1. The summed E-state index contributed by atoms with van der Waals surface area (Å²) in [6.07, 6.45) is 0.916. The molecule has 0 radical (unpaired) electrons. The summed E-state index contributed by atoms with van der Waals surface area (Å²) < 4.78 is 56.1. The molecule has 6 unspecified atom stereocenters. The van der Waals surface area contributed by atoms with Crippen LogP contribution in [0.3, 0.4) is 0 Å². The first-order valence-electron chi connectivity index (χ1n) is 6.43. The van der Waals surface area contributed by atoms with Crippen LogP contribution in [-0.2, 0) is 26.0 Å². The normalized spacial score (nSPS) is 33.2. The molecule has 124 valence electrons. The number of rotatable bonds is 3. The molecule has 0 spiro atoms. The van der Waals surface area contributed by atoms with E-state index in [-0.39, 0.29) is 87.2 Å². The van der Waals surface area contributed by atoms with Gasteiger partial charge < -0.3 is 24.5 Å². The Morgan fingerprint density at radius 1 is 1.04 bits per heavy atom. The van der Waals surface area contributed by atoms with Gasteiger partial charge >= 0.3 is 56.6 Å². The molecule has 2 aliphatic rings. The third-order valence-electron chi connectivity index (χ3n) is 4.56. The molecule has 1 N–H and O–H groups in total. The minimum Gasteiger partial charge on any atom is -0.870 e. The number of carbonyl (C=O) groups is 1. The van der Waals surface area contributed by atoms with E-state index in [1.54, 1.807) is 0 Å². The molecule has 2 aliphatic carbocycles. The summed E-state index contributed by atoms with van der Waals surface area (Å²) in [5.74, 6) is -3.09. The van der Waals surface area contributed by atoms with Gasteiger partial charge in [0.1, 0.15) is 0 Å². The average molecular weight is 361 g/mol. The molecule has 8 nitrogen and oxygen atoms in total.